The lowest BCUT2D eigenvalue weighted by Crippen LogP contribution is -1.96. The Morgan fingerprint density at radius 2 is 2.12 bits per heavy atom. The van der Waals surface area contributed by atoms with Gasteiger partial charge in [-0.1, -0.05) is 5.16 Å². The van der Waals surface area contributed by atoms with E-state index >= 15 is 0 Å². The summed E-state index contributed by atoms with van der Waals surface area (Å²) in [5.41, 5.74) is 6.82. The van der Waals surface area contributed by atoms with Crippen molar-refractivity contribution in [3.63, 3.8) is 0 Å². The average Bonchev–Trinajstić information content (AvgIpc) is 3.00. The summed E-state index contributed by atoms with van der Waals surface area (Å²) in [5.74, 6) is 0.962. The number of hydrogen-bond donors (Lipinski definition) is 2. The van der Waals surface area contributed by atoms with Crippen LogP contribution in [0.2, 0.25) is 0 Å². The standard InChI is InChI=1S/C10H8N6O/c11-8-7(13-4-5-14-8)10-15-9(16-17-10)6-2-1-3-12-6/h1-5,12H,(H2,11,14). The first-order valence-corrected chi connectivity index (χ1v) is 4.89. The van der Waals surface area contributed by atoms with Crippen molar-refractivity contribution < 1.29 is 4.52 Å². The summed E-state index contributed by atoms with van der Waals surface area (Å²) in [6.07, 6.45) is 4.80. The fraction of sp³-hybridized carbons (Fsp3) is 0. The second-order valence-corrected chi connectivity index (χ2v) is 3.30. The van der Waals surface area contributed by atoms with Gasteiger partial charge in [-0.05, 0) is 12.1 Å². The zero-order valence-corrected chi connectivity index (χ0v) is 8.66. The summed E-state index contributed by atoms with van der Waals surface area (Å²) in [4.78, 5) is 15.1. The molecule has 0 atom stereocenters. The molecule has 84 valence electrons. The Morgan fingerprint density at radius 3 is 2.88 bits per heavy atom. The Labute approximate surface area is 95.7 Å². The topological polar surface area (TPSA) is 107 Å². The largest absolute Gasteiger partial charge is 0.382 e. The van der Waals surface area contributed by atoms with Crippen molar-refractivity contribution in [1.29, 1.82) is 0 Å². The van der Waals surface area contributed by atoms with Gasteiger partial charge in [-0.15, -0.1) is 0 Å². The highest BCUT2D eigenvalue weighted by atomic mass is 16.5. The van der Waals surface area contributed by atoms with E-state index in [1.54, 1.807) is 6.20 Å². The summed E-state index contributed by atoms with van der Waals surface area (Å²) in [6.45, 7) is 0. The van der Waals surface area contributed by atoms with Crippen LogP contribution in [0.5, 0.6) is 0 Å². The number of nitrogens with two attached hydrogens (primary N) is 1. The molecule has 0 aliphatic carbocycles. The van der Waals surface area contributed by atoms with Crippen LogP contribution in [0.1, 0.15) is 0 Å². The number of aromatic nitrogens is 5. The molecule has 3 N–H and O–H groups in total. The Hall–Kier alpha value is -2.70. The lowest BCUT2D eigenvalue weighted by Gasteiger charge is -1.95. The van der Waals surface area contributed by atoms with Crippen LogP contribution in [0.4, 0.5) is 5.82 Å². The highest BCUT2D eigenvalue weighted by Crippen LogP contribution is 2.22. The van der Waals surface area contributed by atoms with Crippen molar-refractivity contribution in [3.05, 3.63) is 30.7 Å². The maximum absolute atomic E-state index is 5.67. The van der Waals surface area contributed by atoms with Crippen molar-refractivity contribution >= 4 is 5.82 Å². The van der Waals surface area contributed by atoms with E-state index in [1.807, 2.05) is 12.1 Å². The number of H-pyrrole nitrogens is 1. The van der Waals surface area contributed by atoms with Gasteiger partial charge < -0.3 is 15.2 Å². The van der Waals surface area contributed by atoms with E-state index in [1.165, 1.54) is 12.4 Å². The molecular weight excluding hydrogens is 220 g/mol. The highest BCUT2D eigenvalue weighted by molar-refractivity contribution is 5.63. The van der Waals surface area contributed by atoms with Crippen LogP contribution >= 0.6 is 0 Å². The summed E-state index contributed by atoms with van der Waals surface area (Å²) in [5, 5.41) is 3.84. The van der Waals surface area contributed by atoms with Crippen LogP contribution in [0.3, 0.4) is 0 Å². The van der Waals surface area contributed by atoms with Crippen LogP contribution in [0.25, 0.3) is 23.1 Å². The summed E-state index contributed by atoms with van der Waals surface area (Å²) in [7, 11) is 0. The van der Waals surface area contributed by atoms with Crippen molar-refractivity contribution in [2.45, 2.75) is 0 Å². The van der Waals surface area contributed by atoms with Gasteiger partial charge in [0.05, 0.1) is 5.69 Å². The first-order chi connectivity index (χ1) is 8.34. The van der Waals surface area contributed by atoms with Gasteiger partial charge in [-0.2, -0.15) is 4.98 Å². The van der Waals surface area contributed by atoms with Gasteiger partial charge in [-0.3, -0.25) is 0 Å². The predicted molar refractivity (Wildman–Crippen MR) is 59.5 cm³/mol. The lowest BCUT2D eigenvalue weighted by atomic mass is 10.4. The zero-order valence-electron chi connectivity index (χ0n) is 8.66. The number of nitrogen functional groups attached to an aromatic ring is 1. The Kier molecular flexibility index (Phi) is 2.08. The quantitative estimate of drug-likeness (QED) is 0.680. The summed E-state index contributed by atoms with van der Waals surface area (Å²) < 4.78 is 5.09. The molecule has 0 saturated carbocycles. The SMILES string of the molecule is Nc1nccnc1-c1nc(-c2ccc[nH]2)no1. The first kappa shape index (κ1) is 9.52. The molecule has 0 aliphatic rings. The van der Waals surface area contributed by atoms with Crippen LogP contribution in [-0.2, 0) is 0 Å². The average molecular weight is 228 g/mol. The number of nitrogens with zero attached hydrogens (tertiary/aromatic N) is 4. The zero-order chi connectivity index (χ0) is 11.7. The second kappa shape index (κ2) is 3.71. The van der Waals surface area contributed by atoms with E-state index in [0.717, 1.165) is 5.69 Å². The van der Waals surface area contributed by atoms with Gasteiger partial charge >= 0.3 is 0 Å². The molecule has 0 unspecified atom stereocenters. The van der Waals surface area contributed by atoms with Gasteiger partial charge in [0.15, 0.2) is 11.5 Å². The van der Waals surface area contributed by atoms with Crippen molar-refractivity contribution in [2.75, 3.05) is 5.73 Å². The van der Waals surface area contributed by atoms with Gasteiger partial charge in [0.25, 0.3) is 5.89 Å². The highest BCUT2D eigenvalue weighted by Gasteiger charge is 2.14. The molecule has 0 spiro atoms. The molecule has 3 rings (SSSR count). The molecule has 17 heavy (non-hydrogen) atoms. The molecule has 0 aliphatic heterocycles. The molecule has 0 amide bonds. The van der Waals surface area contributed by atoms with Gasteiger partial charge in [-0.25, -0.2) is 9.97 Å². The van der Waals surface area contributed by atoms with Crippen molar-refractivity contribution in [3.8, 4) is 23.1 Å². The van der Waals surface area contributed by atoms with Crippen LogP contribution in [0.15, 0.2) is 35.2 Å². The summed E-state index contributed by atoms with van der Waals surface area (Å²) >= 11 is 0. The third-order valence-corrected chi connectivity index (χ3v) is 2.19. The third-order valence-electron chi connectivity index (χ3n) is 2.19. The van der Waals surface area contributed by atoms with E-state index in [4.69, 9.17) is 10.3 Å². The molecule has 3 heterocycles. The summed E-state index contributed by atoms with van der Waals surface area (Å²) in [6, 6.07) is 3.69. The van der Waals surface area contributed by atoms with E-state index in [9.17, 15) is 0 Å². The Bertz CT molecular complexity index is 630. The van der Waals surface area contributed by atoms with Gasteiger partial charge in [0.1, 0.15) is 0 Å². The maximum Gasteiger partial charge on any atom is 0.280 e. The Balaban J connectivity index is 2.04. The van der Waals surface area contributed by atoms with Crippen molar-refractivity contribution in [2.24, 2.45) is 0 Å². The number of nitrogens with one attached hydrogen (secondary N) is 1. The van der Waals surface area contributed by atoms with Crippen LogP contribution in [-0.4, -0.2) is 25.1 Å². The first-order valence-electron chi connectivity index (χ1n) is 4.89. The van der Waals surface area contributed by atoms with E-state index < -0.39 is 0 Å². The maximum atomic E-state index is 5.67. The lowest BCUT2D eigenvalue weighted by molar-refractivity contribution is 0.431. The molecule has 7 nitrogen and oxygen atoms in total. The molecule has 0 saturated heterocycles. The molecule has 7 heteroatoms. The minimum atomic E-state index is 0.250. The Morgan fingerprint density at radius 1 is 1.24 bits per heavy atom. The van der Waals surface area contributed by atoms with Crippen LogP contribution < -0.4 is 5.73 Å². The van der Waals surface area contributed by atoms with Gasteiger partial charge in [0.2, 0.25) is 5.82 Å². The minimum absolute atomic E-state index is 0.250. The van der Waals surface area contributed by atoms with Crippen LogP contribution in [0, 0.1) is 0 Å². The molecule has 0 aromatic carbocycles. The number of rotatable bonds is 2. The fourth-order valence-electron chi connectivity index (χ4n) is 1.41. The molecule has 0 radical (unpaired) electrons. The molecule has 3 aromatic rings. The fourth-order valence-corrected chi connectivity index (χ4v) is 1.41. The molecule has 0 bridgehead atoms. The monoisotopic (exact) mass is 228 g/mol. The third kappa shape index (κ3) is 1.63. The minimum Gasteiger partial charge on any atom is -0.382 e. The number of hydrogen-bond acceptors (Lipinski definition) is 6. The molecule has 0 fully saturated rings. The van der Waals surface area contributed by atoms with E-state index in [-0.39, 0.29) is 11.7 Å². The van der Waals surface area contributed by atoms with E-state index in [2.05, 4.69) is 25.1 Å². The van der Waals surface area contributed by atoms with E-state index in [0.29, 0.717) is 11.5 Å². The molecule has 3 aromatic heterocycles. The smallest absolute Gasteiger partial charge is 0.280 e. The van der Waals surface area contributed by atoms with Gasteiger partial charge in [0, 0.05) is 18.6 Å². The second-order valence-electron chi connectivity index (χ2n) is 3.30. The van der Waals surface area contributed by atoms with Crippen molar-refractivity contribution in [1.82, 2.24) is 25.1 Å². The normalized spacial score (nSPS) is 10.6. The number of anilines is 1. The molecular formula is C10H8N6O. The predicted octanol–water partition coefficient (Wildman–Crippen LogP) is 1.10. The number of aromatic amines is 1.